The Kier molecular flexibility index (Phi) is 8.13. The van der Waals surface area contributed by atoms with E-state index in [1.54, 1.807) is 0 Å². The Labute approximate surface area is 127 Å². The van der Waals surface area contributed by atoms with Crippen LogP contribution in [0.15, 0.2) is 0 Å². The van der Waals surface area contributed by atoms with E-state index in [0.29, 0.717) is 6.04 Å². The molecule has 1 aliphatic carbocycles. The Hall–Kier alpha value is -0.0800. The van der Waals surface area contributed by atoms with Crippen LogP contribution in [0.25, 0.3) is 0 Å². The number of hydrogen-bond donors (Lipinski definition) is 1. The van der Waals surface area contributed by atoms with E-state index in [1.807, 2.05) is 0 Å². The fourth-order valence-corrected chi connectivity index (χ4v) is 2.95. The largest absolute Gasteiger partial charge is 0.314 e. The van der Waals surface area contributed by atoms with E-state index in [1.165, 1.54) is 45.3 Å². The SMILES string of the molecule is CC(C)CCN(CCC(C)C)C1CCC1CNC(C)C. The monoisotopic (exact) mass is 282 g/mol. The molecule has 0 spiro atoms. The van der Waals surface area contributed by atoms with Crippen molar-refractivity contribution in [2.45, 2.75) is 79.3 Å². The first-order valence-corrected chi connectivity index (χ1v) is 8.87. The summed E-state index contributed by atoms with van der Waals surface area (Å²) in [6.45, 7) is 17.7. The standard InChI is InChI=1S/C18H38N2/c1-14(2)9-11-20(12-10-15(3)4)18-8-7-17(18)13-19-16(5)6/h14-19H,7-13H2,1-6H3. The maximum atomic E-state index is 3.64. The molecule has 2 heteroatoms. The van der Waals surface area contributed by atoms with Crippen molar-refractivity contribution in [2.75, 3.05) is 19.6 Å². The van der Waals surface area contributed by atoms with E-state index in [9.17, 15) is 0 Å². The molecule has 1 aliphatic rings. The van der Waals surface area contributed by atoms with Gasteiger partial charge in [0, 0.05) is 12.1 Å². The minimum Gasteiger partial charge on any atom is -0.314 e. The normalized spacial score (nSPS) is 23.1. The lowest BCUT2D eigenvalue weighted by molar-refractivity contribution is 0.0533. The summed E-state index contributed by atoms with van der Waals surface area (Å²) in [4.78, 5) is 2.80. The molecule has 20 heavy (non-hydrogen) atoms. The van der Waals surface area contributed by atoms with Crippen LogP contribution in [0.5, 0.6) is 0 Å². The summed E-state index contributed by atoms with van der Waals surface area (Å²) in [5.74, 6) is 2.53. The maximum absolute atomic E-state index is 3.64. The molecule has 0 aliphatic heterocycles. The topological polar surface area (TPSA) is 15.3 Å². The van der Waals surface area contributed by atoms with Crippen molar-refractivity contribution in [1.29, 1.82) is 0 Å². The lowest BCUT2D eigenvalue weighted by Crippen LogP contribution is -2.52. The highest BCUT2D eigenvalue weighted by Crippen LogP contribution is 2.32. The summed E-state index contributed by atoms with van der Waals surface area (Å²) < 4.78 is 0. The van der Waals surface area contributed by atoms with Gasteiger partial charge in [-0.25, -0.2) is 0 Å². The third-order valence-corrected chi connectivity index (χ3v) is 4.62. The van der Waals surface area contributed by atoms with E-state index in [-0.39, 0.29) is 0 Å². The molecule has 0 aromatic rings. The zero-order valence-electron chi connectivity index (χ0n) is 14.8. The Morgan fingerprint density at radius 2 is 1.45 bits per heavy atom. The molecule has 0 aromatic heterocycles. The molecular formula is C18H38N2. The Balaban J connectivity index is 2.44. The Bertz CT molecular complexity index is 236. The van der Waals surface area contributed by atoms with Crippen LogP contribution in [0.4, 0.5) is 0 Å². The van der Waals surface area contributed by atoms with Gasteiger partial charge in [0.15, 0.2) is 0 Å². The fraction of sp³-hybridized carbons (Fsp3) is 1.00. The third-order valence-electron chi connectivity index (χ3n) is 4.62. The van der Waals surface area contributed by atoms with Crippen LogP contribution in [0.2, 0.25) is 0 Å². The second kappa shape index (κ2) is 9.04. The minimum atomic E-state index is 0.621. The van der Waals surface area contributed by atoms with E-state index in [2.05, 4.69) is 51.8 Å². The Morgan fingerprint density at radius 1 is 0.900 bits per heavy atom. The van der Waals surface area contributed by atoms with Gasteiger partial charge in [-0.3, -0.25) is 0 Å². The van der Waals surface area contributed by atoms with E-state index in [0.717, 1.165) is 23.8 Å². The smallest absolute Gasteiger partial charge is 0.0136 e. The number of hydrogen-bond acceptors (Lipinski definition) is 2. The fourth-order valence-electron chi connectivity index (χ4n) is 2.95. The third kappa shape index (κ3) is 6.58. The zero-order chi connectivity index (χ0) is 15.1. The van der Waals surface area contributed by atoms with Crippen molar-refractivity contribution in [3.63, 3.8) is 0 Å². The molecule has 1 fully saturated rings. The molecule has 1 saturated carbocycles. The highest BCUT2D eigenvalue weighted by atomic mass is 15.2. The van der Waals surface area contributed by atoms with Gasteiger partial charge < -0.3 is 10.2 Å². The molecule has 0 bridgehead atoms. The summed E-state index contributed by atoms with van der Waals surface area (Å²) in [5.41, 5.74) is 0. The van der Waals surface area contributed by atoms with Crippen LogP contribution >= 0.6 is 0 Å². The van der Waals surface area contributed by atoms with Crippen LogP contribution in [0.3, 0.4) is 0 Å². The highest BCUT2D eigenvalue weighted by Gasteiger charge is 2.34. The van der Waals surface area contributed by atoms with Gasteiger partial charge in [-0.05, 0) is 63.1 Å². The van der Waals surface area contributed by atoms with E-state index < -0.39 is 0 Å². The average molecular weight is 283 g/mol. The van der Waals surface area contributed by atoms with Crippen molar-refractivity contribution in [1.82, 2.24) is 10.2 Å². The van der Waals surface area contributed by atoms with Crippen LogP contribution in [-0.4, -0.2) is 36.6 Å². The zero-order valence-corrected chi connectivity index (χ0v) is 14.8. The minimum absolute atomic E-state index is 0.621. The number of nitrogens with zero attached hydrogens (tertiary/aromatic N) is 1. The lowest BCUT2D eigenvalue weighted by atomic mass is 9.78. The van der Waals surface area contributed by atoms with Gasteiger partial charge in [-0.15, -0.1) is 0 Å². The van der Waals surface area contributed by atoms with Gasteiger partial charge in [0.05, 0.1) is 0 Å². The summed E-state index contributed by atoms with van der Waals surface area (Å²) in [6.07, 6.45) is 5.53. The summed E-state index contributed by atoms with van der Waals surface area (Å²) in [5, 5.41) is 3.64. The molecular weight excluding hydrogens is 244 g/mol. The van der Waals surface area contributed by atoms with Gasteiger partial charge in [-0.1, -0.05) is 41.5 Å². The molecule has 0 heterocycles. The van der Waals surface area contributed by atoms with E-state index >= 15 is 0 Å². The molecule has 2 unspecified atom stereocenters. The molecule has 0 saturated heterocycles. The summed E-state index contributed by atoms with van der Waals surface area (Å²) in [7, 11) is 0. The molecule has 0 radical (unpaired) electrons. The Morgan fingerprint density at radius 3 is 1.80 bits per heavy atom. The maximum Gasteiger partial charge on any atom is 0.0136 e. The van der Waals surface area contributed by atoms with Crippen molar-refractivity contribution in [3.8, 4) is 0 Å². The van der Waals surface area contributed by atoms with Crippen LogP contribution < -0.4 is 5.32 Å². The molecule has 120 valence electrons. The predicted octanol–water partition coefficient (Wildman–Crippen LogP) is 4.16. The molecule has 2 nitrogen and oxygen atoms in total. The van der Waals surface area contributed by atoms with Crippen molar-refractivity contribution in [3.05, 3.63) is 0 Å². The van der Waals surface area contributed by atoms with Gasteiger partial charge in [-0.2, -0.15) is 0 Å². The quantitative estimate of drug-likeness (QED) is 0.647. The molecule has 2 atom stereocenters. The molecule has 0 amide bonds. The number of nitrogens with one attached hydrogen (secondary N) is 1. The first kappa shape index (κ1) is 18.0. The first-order chi connectivity index (χ1) is 9.40. The first-order valence-electron chi connectivity index (χ1n) is 8.87. The molecule has 0 aromatic carbocycles. The van der Waals surface area contributed by atoms with Crippen molar-refractivity contribution < 1.29 is 0 Å². The summed E-state index contributed by atoms with van der Waals surface area (Å²) in [6, 6.07) is 1.47. The van der Waals surface area contributed by atoms with E-state index in [4.69, 9.17) is 0 Å². The van der Waals surface area contributed by atoms with Crippen molar-refractivity contribution in [2.24, 2.45) is 17.8 Å². The van der Waals surface area contributed by atoms with Gasteiger partial charge >= 0.3 is 0 Å². The lowest BCUT2D eigenvalue weighted by Gasteiger charge is -2.45. The predicted molar refractivity (Wildman–Crippen MR) is 90.1 cm³/mol. The van der Waals surface area contributed by atoms with Crippen LogP contribution in [0.1, 0.15) is 67.2 Å². The molecule has 1 rings (SSSR count). The molecule has 1 N–H and O–H groups in total. The summed E-state index contributed by atoms with van der Waals surface area (Å²) >= 11 is 0. The van der Waals surface area contributed by atoms with Crippen LogP contribution in [-0.2, 0) is 0 Å². The second-order valence-electron chi connectivity index (χ2n) is 7.87. The average Bonchev–Trinajstić information content (AvgIpc) is 2.30. The number of rotatable bonds is 10. The van der Waals surface area contributed by atoms with Gasteiger partial charge in [0.2, 0.25) is 0 Å². The van der Waals surface area contributed by atoms with Gasteiger partial charge in [0.25, 0.3) is 0 Å². The highest BCUT2D eigenvalue weighted by molar-refractivity contribution is 4.90. The van der Waals surface area contributed by atoms with Crippen molar-refractivity contribution >= 4 is 0 Å². The second-order valence-corrected chi connectivity index (χ2v) is 7.87. The van der Waals surface area contributed by atoms with Gasteiger partial charge in [0.1, 0.15) is 0 Å². The van der Waals surface area contributed by atoms with Crippen LogP contribution in [0, 0.1) is 17.8 Å².